The highest BCUT2D eigenvalue weighted by molar-refractivity contribution is 7.99. The van der Waals surface area contributed by atoms with Crippen LogP contribution in [0, 0.1) is 0 Å². The van der Waals surface area contributed by atoms with Crippen LogP contribution < -0.4 is 5.32 Å². The topological polar surface area (TPSA) is 80.7 Å². The van der Waals surface area contributed by atoms with E-state index in [2.05, 4.69) is 22.4 Å². The van der Waals surface area contributed by atoms with E-state index in [0.717, 1.165) is 46.8 Å². The van der Waals surface area contributed by atoms with Crippen LogP contribution in [0.5, 0.6) is 0 Å². The summed E-state index contributed by atoms with van der Waals surface area (Å²) in [4.78, 5) is 21.9. The second-order valence-corrected chi connectivity index (χ2v) is 9.10. The van der Waals surface area contributed by atoms with Crippen LogP contribution in [-0.4, -0.2) is 31.8 Å². The summed E-state index contributed by atoms with van der Waals surface area (Å²) >= 11 is 2.74. The number of hydrogen-bond acceptors (Lipinski definition) is 7. The van der Waals surface area contributed by atoms with Crippen molar-refractivity contribution in [3.8, 4) is 22.5 Å². The van der Waals surface area contributed by atoms with Gasteiger partial charge in [0.1, 0.15) is 5.01 Å². The van der Waals surface area contributed by atoms with Crippen LogP contribution >= 0.6 is 23.1 Å². The predicted octanol–water partition coefficient (Wildman–Crippen LogP) is 5.74. The fraction of sp³-hybridized carbons (Fsp3) is 0.208. The molecule has 2 aromatic carbocycles. The minimum Gasteiger partial charge on any atom is -0.300 e. The Morgan fingerprint density at radius 1 is 0.938 bits per heavy atom. The molecule has 0 fully saturated rings. The smallest absolute Gasteiger partial charge is 0.236 e. The number of carbonyl (C=O) groups is 1. The summed E-state index contributed by atoms with van der Waals surface area (Å²) in [6.07, 6.45) is 3.06. The Balaban J connectivity index is 1.49. The number of unbranched alkanes of at least 4 members (excludes halogenated alkanes) is 1. The van der Waals surface area contributed by atoms with Crippen molar-refractivity contribution < 1.29 is 4.79 Å². The van der Waals surface area contributed by atoms with E-state index in [1.54, 1.807) is 0 Å². The van der Waals surface area contributed by atoms with Crippen molar-refractivity contribution in [1.29, 1.82) is 0 Å². The van der Waals surface area contributed by atoms with E-state index in [4.69, 9.17) is 9.97 Å². The molecular formula is C24H23N5OS2. The quantitative estimate of drug-likeness (QED) is 0.253. The number of aromatic nitrogens is 4. The molecule has 32 heavy (non-hydrogen) atoms. The predicted molar refractivity (Wildman–Crippen MR) is 131 cm³/mol. The van der Waals surface area contributed by atoms with E-state index in [0.29, 0.717) is 10.3 Å². The average molecular weight is 462 g/mol. The lowest BCUT2D eigenvalue weighted by Crippen LogP contribution is -2.14. The first kappa shape index (κ1) is 22.1. The largest absolute Gasteiger partial charge is 0.300 e. The van der Waals surface area contributed by atoms with Crippen LogP contribution in [0.15, 0.2) is 71.9 Å². The third-order valence-corrected chi connectivity index (χ3v) is 6.38. The Morgan fingerprint density at radius 3 is 2.16 bits per heavy atom. The second kappa shape index (κ2) is 11.0. The number of thioether (sulfide) groups is 1. The second-order valence-electron chi connectivity index (χ2n) is 7.09. The number of rotatable bonds is 9. The number of anilines is 1. The zero-order chi connectivity index (χ0) is 22.2. The molecule has 2 heterocycles. The molecule has 4 rings (SSSR count). The summed E-state index contributed by atoms with van der Waals surface area (Å²) in [6, 6.07) is 21.9. The first-order valence-electron chi connectivity index (χ1n) is 10.5. The normalized spacial score (nSPS) is 10.8. The number of carbonyl (C=O) groups excluding carboxylic acids is 1. The molecule has 0 radical (unpaired) electrons. The van der Waals surface area contributed by atoms with Crippen LogP contribution in [-0.2, 0) is 11.2 Å². The Kier molecular flexibility index (Phi) is 7.58. The van der Waals surface area contributed by atoms with Crippen LogP contribution in [0.1, 0.15) is 24.8 Å². The molecule has 0 aliphatic heterocycles. The highest BCUT2D eigenvalue weighted by Crippen LogP contribution is 2.27. The monoisotopic (exact) mass is 461 g/mol. The first-order valence-corrected chi connectivity index (χ1v) is 12.3. The molecule has 0 bridgehead atoms. The zero-order valence-corrected chi connectivity index (χ0v) is 19.3. The molecule has 0 saturated carbocycles. The Morgan fingerprint density at radius 2 is 1.56 bits per heavy atom. The minimum atomic E-state index is -0.150. The van der Waals surface area contributed by atoms with E-state index in [9.17, 15) is 4.79 Å². The van der Waals surface area contributed by atoms with Gasteiger partial charge in [-0.2, -0.15) is 0 Å². The molecule has 1 amide bonds. The van der Waals surface area contributed by atoms with Gasteiger partial charge in [0.2, 0.25) is 11.0 Å². The van der Waals surface area contributed by atoms with Crippen molar-refractivity contribution >= 4 is 34.1 Å². The zero-order valence-electron chi connectivity index (χ0n) is 17.7. The van der Waals surface area contributed by atoms with Gasteiger partial charge >= 0.3 is 0 Å². The number of nitrogens with zero attached hydrogens (tertiary/aromatic N) is 4. The molecule has 0 spiro atoms. The number of hydrogen-bond donors (Lipinski definition) is 1. The van der Waals surface area contributed by atoms with E-state index < -0.39 is 0 Å². The molecule has 8 heteroatoms. The van der Waals surface area contributed by atoms with Gasteiger partial charge in [0.05, 0.1) is 17.1 Å². The van der Waals surface area contributed by atoms with Crippen molar-refractivity contribution in [2.24, 2.45) is 0 Å². The molecule has 0 unspecified atom stereocenters. The summed E-state index contributed by atoms with van der Waals surface area (Å²) in [7, 11) is 0. The van der Waals surface area contributed by atoms with E-state index >= 15 is 0 Å². The fourth-order valence-electron chi connectivity index (χ4n) is 3.02. The van der Waals surface area contributed by atoms with Gasteiger partial charge in [-0.25, -0.2) is 9.97 Å². The summed E-state index contributed by atoms with van der Waals surface area (Å²) in [5.74, 6) is 0.0410. The molecular weight excluding hydrogens is 438 g/mol. The third kappa shape index (κ3) is 5.99. The molecule has 2 aromatic heterocycles. The van der Waals surface area contributed by atoms with E-state index in [1.807, 2.05) is 66.7 Å². The van der Waals surface area contributed by atoms with Gasteiger partial charge in [0.15, 0.2) is 5.16 Å². The minimum absolute atomic E-state index is 0.150. The lowest BCUT2D eigenvalue weighted by atomic mass is 10.1. The molecule has 0 aliphatic rings. The molecule has 0 atom stereocenters. The van der Waals surface area contributed by atoms with E-state index in [1.165, 1.54) is 23.1 Å². The SMILES string of the molecule is CCCCc1nnc(NC(=O)CSc2nc(-c3ccccc3)cc(-c3ccccc3)n2)s1. The van der Waals surface area contributed by atoms with Crippen LogP contribution in [0.4, 0.5) is 5.13 Å². The average Bonchev–Trinajstić information content (AvgIpc) is 3.29. The molecule has 1 N–H and O–H groups in total. The van der Waals surface area contributed by atoms with Gasteiger partial charge in [-0.1, -0.05) is 97.1 Å². The van der Waals surface area contributed by atoms with Crippen molar-refractivity contribution in [3.63, 3.8) is 0 Å². The maximum Gasteiger partial charge on any atom is 0.236 e. The van der Waals surface area contributed by atoms with Gasteiger partial charge < -0.3 is 0 Å². The molecule has 162 valence electrons. The number of aryl methyl sites for hydroxylation is 1. The Hall–Kier alpha value is -3.10. The van der Waals surface area contributed by atoms with Crippen LogP contribution in [0.3, 0.4) is 0 Å². The number of benzene rings is 2. The van der Waals surface area contributed by atoms with Crippen molar-refractivity contribution in [2.45, 2.75) is 31.3 Å². The molecule has 0 aliphatic carbocycles. The fourth-order valence-corrected chi connectivity index (χ4v) is 4.48. The van der Waals surface area contributed by atoms with Gasteiger partial charge in [0.25, 0.3) is 0 Å². The highest BCUT2D eigenvalue weighted by atomic mass is 32.2. The van der Waals surface area contributed by atoms with Crippen LogP contribution in [0.2, 0.25) is 0 Å². The lowest BCUT2D eigenvalue weighted by molar-refractivity contribution is -0.113. The molecule has 0 saturated heterocycles. The highest BCUT2D eigenvalue weighted by Gasteiger charge is 2.13. The maximum atomic E-state index is 12.5. The summed E-state index contributed by atoms with van der Waals surface area (Å²) in [5.41, 5.74) is 3.66. The summed E-state index contributed by atoms with van der Waals surface area (Å²) in [6.45, 7) is 2.14. The van der Waals surface area contributed by atoms with E-state index in [-0.39, 0.29) is 11.7 Å². The van der Waals surface area contributed by atoms with Gasteiger partial charge in [0, 0.05) is 17.5 Å². The number of nitrogens with one attached hydrogen (secondary N) is 1. The first-order chi connectivity index (χ1) is 15.7. The Bertz CT molecular complexity index is 1110. The summed E-state index contributed by atoms with van der Waals surface area (Å²) < 4.78 is 0. The Labute approximate surface area is 195 Å². The summed E-state index contributed by atoms with van der Waals surface area (Å²) in [5, 5.41) is 13.1. The lowest BCUT2D eigenvalue weighted by Gasteiger charge is -2.08. The molecule has 6 nitrogen and oxygen atoms in total. The van der Waals surface area contributed by atoms with Gasteiger partial charge in [-0.05, 0) is 12.5 Å². The van der Waals surface area contributed by atoms with Crippen LogP contribution in [0.25, 0.3) is 22.5 Å². The maximum absolute atomic E-state index is 12.5. The third-order valence-electron chi connectivity index (χ3n) is 4.63. The van der Waals surface area contributed by atoms with Crippen molar-refractivity contribution in [1.82, 2.24) is 20.2 Å². The van der Waals surface area contributed by atoms with Gasteiger partial charge in [-0.15, -0.1) is 10.2 Å². The van der Waals surface area contributed by atoms with Gasteiger partial charge in [-0.3, -0.25) is 10.1 Å². The van der Waals surface area contributed by atoms with Crippen molar-refractivity contribution in [3.05, 3.63) is 71.7 Å². The van der Waals surface area contributed by atoms with Crippen molar-refractivity contribution in [2.75, 3.05) is 11.1 Å². The number of amides is 1. The molecule has 4 aromatic rings. The standard InChI is InChI=1S/C24H23N5OS2/c1-2-3-14-22-28-29-24(32-22)27-21(30)16-31-23-25-19(17-10-6-4-7-11-17)15-20(26-23)18-12-8-5-9-13-18/h4-13,15H,2-3,14,16H2,1H3,(H,27,29,30).